The maximum atomic E-state index is 13.0. The molecule has 1 aromatic heterocycles. The molecule has 0 aliphatic rings. The molecule has 0 radical (unpaired) electrons. The van der Waals surface area contributed by atoms with Gasteiger partial charge in [-0.3, -0.25) is 4.79 Å². The zero-order valence-electron chi connectivity index (χ0n) is 11.0. The Bertz CT molecular complexity index is 596. The van der Waals surface area contributed by atoms with Crippen molar-refractivity contribution in [3.63, 3.8) is 0 Å². The Morgan fingerprint density at radius 1 is 1.40 bits per heavy atom. The van der Waals surface area contributed by atoms with Crippen LogP contribution in [-0.2, 0) is 11.2 Å². The van der Waals surface area contributed by atoms with Crippen LogP contribution in [0.5, 0.6) is 0 Å². The molecule has 0 aliphatic carbocycles. The van der Waals surface area contributed by atoms with E-state index in [1.165, 1.54) is 23.9 Å². The predicted octanol–water partition coefficient (Wildman–Crippen LogP) is 3.14. The molecule has 0 aliphatic heterocycles. The van der Waals surface area contributed by atoms with Gasteiger partial charge in [0.2, 0.25) is 0 Å². The highest BCUT2D eigenvalue weighted by molar-refractivity contribution is 7.99. The lowest BCUT2D eigenvalue weighted by Crippen LogP contribution is -2.02. The van der Waals surface area contributed by atoms with E-state index < -0.39 is 5.97 Å². The van der Waals surface area contributed by atoms with Gasteiger partial charge in [0.1, 0.15) is 10.8 Å². The van der Waals surface area contributed by atoms with Crippen molar-refractivity contribution in [1.29, 1.82) is 0 Å². The number of aryl methyl sites for hydroxylation is 1. The summed E-state index contributed by atoms with van der Waals surface area (Å²) in [6.07, 6.45) is 1.79. The van der Waals surface area contributed by atoms with Crippen LogP contribution in [0.1, 0.15) is 19.0 Å². The maximum absolute atomic E-state index is 13.0. The van der Waals surface area contributed by atoms with Gasteiger partial charge in [-0.25, -0.2) is 9.07 Å². The molecule has 0 amide bonds. The maximum Gasteiger partial charge on any atom is 0.313 e. The molecule has 2 aromatic rings. The lowest BCUT2D eigenvalue weighted by molar-refractivity contribution is -0.133. The molecular weight excluding hydrogens is 279 g/mol. The summed E-state index contributed by atoms with van der Waals surface area (Å²) in [5.74, 6) is -1.22. The number of hydrogen-bond acceptors (Lipinski definition) is 3. The highest BCUT2D eigenvalue weighted by Crippen LogP contribution is 2.23. The molecule has 0 bridgehead atoms. The smallest absolute Gasteiger partial charge is 0.313 e. The first-order chi connectivity index (χ1) is 9.60. The Hall–Kier alpha value is -1.82. The number of rotatable bonds is 6. The molecule has 1 aromatic carbocycles. The summed E-state index contributed by atoms with van der Waals surface area (Å²) in [5.41, 5.74) is 1.63. The first-order valence-electron chi connectivity index (χ1n) is 6.29. The molecule has 0 fully saturated rings. The summed E-state index contributed by atoms with van der Waals surface area (Å²) in [4.78, 5) is 10.7. The lowest BCUT2D eigenvalue weighted by atomic mass is 10.3. The van der Waals surface area contributed by atoms with E-state index in [4.69, 9.17) is 5.11 Å². The first-order valence-corrected chi connectivity index (χ1v) is 7.28. The van der Waals surface area contributed by atoms with Crippen molar-refractivity contribution >= 4 is 17.7 Å². The molecule has 106 valence electrons. The molecule has 2 rings (SSSR count). The minimum atomic E-state index is -0.876. The van der Waals surface area contributed by atoms with Gasteiger partial charge in [0.25, 0.3) is 0 Å². The van der Waals surface area contributed by atoms with Gasteiger partial charge in [0.05, 0.1) is 17.1 Å². The SMILES string of the molecule is CCCc1cc(SCC(=O)O)n(-c2ccc(F)cc2)n1. The summed E-state index contributed by atoms with van der Waals surface area (Å²) in [6, 6.07) is 7.87. The molecule has 0 atom stereocenters. The van der Waals surface area contributed by atoms with Gasteiger partial charge in [-0.2, -0.15) is 5.10 Å². The Kier molecular flexibility index (Phi) is 4.79. The number of halogens is 1. The number of thioether (sulfide) groups is 1. The van der Waals surface area contributed by atoms with Crippen molar-refractivity contribution < 1.29 is 14.3 Å². The standard InChI is InChI=1S/C14H15FN2O2S/c1-2-3-11-8-13(20-9-14(18)19)17(16-11)12-6-4-10(15)5-7-12/h4-8H,2-3,9H2,1H3,(H,18,19). The van der Waals surface area contributed by atoms with Gasteiger partial charge in [-0.15, -0.1) is 0 Å². The Labute approximate surface area is 120 Å². The molecular formula is C14H15FN2O2S. The zero-order chi connectivity index (χ0) is 14.5. The number of hydrogen-bond donors (Lipinski definition) is 1. The zero-order valence-corrected chi connectivity index (χ0v) is 11.9. The highest BCUT2D eigenvalue weighted by atomic mass is 32.2. The normalized spacial score (nSPS) is 10.7. The number of carboxylic acid groups (broad SMARTS) is 1. The number of benzene rings is 1. The summed E-state index contributed by atoms with van der Waals surface area (Å²) in [7, 11) is 0. The van der Waals surface area contributed by atoms with Crippen LogP contribution < -0.4 is 0 Å². The second-order valence-corrected chi connectivity index (χ2v) is 5.29. The van der Waals surface area contributed by atoms with E-state index >= 15 is 0 Å². The van der Waals surface area contributed by atoms with Crippen LogP contribution in [0.15, 0.2) is 35.4 Å². The summed E-state index contributed by atoms with van der Waals surface area (Å²) in [6.45, 7) is 2.06. The number of aliphatic carboxylic acids is 1. The van der Waals surface area contributed by atoms with Crippen LogP contribution in [-0.4, -0.2) is 26.6 Å². The fourth-order valence-electron chi connectivity index (χ4n) is 1.79. The molecule has 0 unspecified atom stereocenters. The average molecular weight is 294 g/mol. The first kappa shape index (κ1) is 14.6. The summed E-state index contributed by atoms with van der Waals surface area (Å²) < 4.78 is 14.6. The Morgan fingerprint density at radius 2 is 2.10 bits per heavy atom. The van der Waals surface area contributed by atoms with Gasteiger partial charge < -0.3 is 5.11 Å². The number of nitrogens with zero attached hydrogens (tertiary/aromatic N) is 2. The highest BCUT2D eigenvalue weighted by Gasteiger charge is 2.11. The van der Waals surface area contributed by atoms with Gasteiger partial charge >= 0.3 is 5.97 Å². The van der Waals surface area contributed by atoms with E-state index in [9.17, 15) is 9.18 Å². The van der Waals surface area contributed by atoms with Gasteiger partial charge in [-0.05, 0) is 36.8 Å². The molecule has 6 heteroatoms. The molecule has 0 saturated heterocycles. The van der Waals surface area contributed by atoms with Crippen LogP contribution >= 0.6 is 11.8 Å². The molecule has 1 N–H and O–H groups in total. The third kappa shape index (κ3) is 3.60. The lowest BCUT2D eigenvalue weighted by Gasteiger charge is -2.05. The van der Waals surface area contributed by atoms with Crippen LogP contribution in [0, 0.1) is 5.82 Å². The van der Waals surface area contributed by atoms with Crippen LogP contribution in [0.25, 0.3) is 5.69 Å². The quantitative estimate of drug-likeness (QED) is 0.832. The van der Waals surface area contributed by atoms with E-state index in [1.54, 1.807) is 16.8 Å². The van der Waals surface area contributed by atoms with Crippen molar-refractivity contribution in [2.45, 2.75) is 24.8 Å². The van der Waals surface area contributed by atoms with Crippen LogP contribution in [0.2, 0.25) is 0 Å². The third-order valence-corrected chi connectivity index (χ3v) is 3.63. The number of carbonyl (C=O) groups is 1. The third-order valence-electron chi connectivity index (χ3n) is 2.65. The van der Waals surface area contributed by atoms with Gasteiger partial charge in [0.15, 0.2) is 0 Å². The van der Waals surface area contributed by atoms with Gasteiger partial charge in [0, 0.05) is 0 Å². The molecule has 0 saturated carbocycles. The summed E-state index contributed by atoms with van der Waals surface area (Å²) >= 11 is 1.21. The largest absolute Gasteiger partial charge is 0.481 e. The fourth-order valence-corrected chi connectivity index (χ4v) is 2.55. The Morgan fingerprint density at radius 3 is 2.70 bits per heavy atom. The monoisotopic (exact) mass is 294 g/mol. The summed E-state index contributed by atoms with van der Waals surface area (Å²) in [5, 5.41) is 14.0. The second-order valence-electron chi connectivity index (χ2n) is 4.29. The molecule has 20 heavy (non-hydrogen) atoms. The fraction of sp³-hybridized carbons (Fsp3) is 0.286. The molecule has 4 nitrogen and oxygen atoms in total. The van der Waals surface area contributed by atoms with Crippen molar-refractivity contribution in [3.8, 4) is 5.69 Å². The van der Waals surface area contributed by atoms with E-state index in [-0.39, 0.29) is 11.6 Å². The topological polar surface area (TPSA) is 55.1 Å². The van der Waals surface area contributed by atoms with Crippen molar-refractivity contribution in [2.75, 3.05) is 5.75 Å². The average Bonchev–Trinajstić information content (AvgIpc) is 2.81. The second kappa shape index (κ2) is 6.56. The number of carboxylic acids is 1. The van der Waals surface area contributed by atoms with Gasteiger partial charge in [-0.1, -0.05) is 25.1 Å². The Balaban J connectivity index is 2.33. The van der Waals surface area contributed by atoms with Crippen LogP contribution in [0.3, 0.4) is 0 Å². The van der Waals surface area contributed by atoms with E-state index in [0.29, 0.717) is 0 Å². The minimum absolute atomic E-state index is 0.0293. The van der Waals surface area contributed by atoms with Crippen molar-refractivity contribution in [2.24, 2.45) is 0 Å². The van der Waals surface area contributed by atoms with E-state index in [1.807, 2.05) is 6.07 Å². The molecule has 0 spiro atoms. The van der Waals surface area contributed by atoms with E-state index in [0.717, 1.165) is 29.2 Å². The van der Waals surface area contributed by atoms with Crippen molar-refractivity contribution in [3.05, 3.63) is 41.8 Å². The predicted molar refractivity (Wildman–Crippen MR) is 75.9 cm³/mol. The number of aromatic nitrogens is 2. The van der Waals surface area contributed by atoms with Crippen molar-refractivity contribution in [1.82, 2.24) is 9.78 Å². The van der Waals surface area contributed by atoms with E-state index in [2.05, 4.69) is 12.0 Å². The van der Waals surface area contributed by atoms with Crippen LogP contribution in [0.4, 0.5) is 4.39 Å². The minimum Gasteiger partial charge on any atom is -0.481 e. The molecule has 1 heterocycles.